The Morgan fingerprint density at radius 3 is 1.45 bits per heavy atom. The summed E-state index contributed by atoms with van der Waals surface area (Å²) >= 11 is 1.90. The van der Waals surface area contributed by atoms with Crippen LogP contribution in [0, 0.1) is 6.92 Å². The van der Waals surface area contributed by atoms with Crippen LogP contribution in [0.25, 0.3) is 55.9 Å². The zero-order valence-electron chi connectivity index (χ0n) is 34.0. The molecule has 0 bridgehead atoms. The number of hydrogen-bond donors (Lipinski definition) is 0. The molecule has 0 N–H and O–H groups in total. The topological polar surface area (TPSA) is 12.9 Å². The minimum atomic E-state index is -0.421. The van der Waals surface area contributed by atoms with E-state index in [0.29, 0.717) is 0 Å². The lowest BCUT2D eigenvalue weighted by Gasteiger charge is -2.50. The van der Waals surface area contributed by atoms with Crippen LogP contribution in [0.3, 0.4) is 0 Å². The van der Waals surface area contributed by atoms with E-state index in [2.05, 4.69) is 227 Å². The van der Waals surface area contributed by atoms with E-state index in [1.807, 2.05) is 11.8 Å². The van der Waals surface area contributed by atoms with Crippen LogP contribution in [0.1, 0.15) is 52.8 Å². The maximum atomic E-state index is 5.34. The highest BCUT2D eigenvalue weighted by Gasteiger charge is 2.52. The first-order chi connectivity index (χ1) is 29.4. The SMILES string of the molecule is Cc1c(-c2ccc(-c3ccccc3)cc2)cc(-c2ccc(-c3ccc4c(c3)Sc3ccccc3C43c4ccccc4C(C)(C)c4ccccc43)cc2)nc1-c1ccccc1. The van der Waals surface area contributed by atoms with Crippen LogP contribution < -0.4 is 0 Å². The molecule has 9 aromatic rings. The normalized spacial score (nSPS) is 14.1. The summed E-state index contributed by atoms with van der Waals surface area (Å²) in [7, 11) is 0. The highest BCUT2D eigenvalue weighted by atomic mass is 32.2. The third kappa shape index (κ3) is 5.66. The molecule has 0 radical (unpaired) electrons. The second kappa shape index (κ2) is 14.2. The minimum absolute atomic E-state index is 0.123. The number of fused-ring (bicyclic) bond motifs is 8. The third-order valence-electron chi connectivity index (χ3n) is 13.0. The summed E-state index contributed by atoms with van der Waals surface area (Å²) in [6.07, 6.45) is 0. The van der Waals surface area contributed by atoms with Gasteiger partial charge in [0.15, 0.2) is 0 Å². The molecule has 2 heterocycles. The zero-order valence-corrected chi connectivity index (χ0v) is 34.8. The lowest BCUT2D eigenvalue weighted by molar-refractivity contribution is 0.549. The van der Waals surface area contributed by atoms with Gasteiger partial charge in [-0.2, -0.15) is 0 Å². The highest BCUT2D eigenvalue weighted by molar-refractivity contribution is 7.99. The van der Waals surface area contributed by atoms with E-state index in [-0.39, 0.29) is 5.41 Å². The quantitative estimate of drug-likeness (QED) is 0.172. The maximum Gasteiger partial charge on any atom is 0.0744 e. The van der Waals surface area contributed by atoms with Gasteiger partial charge in [-0.3, -0.25) is 0 Å². The van der Waals surface area contributed by atoms with E-state index in [0.717, 1.165) is 22.5 Å². The number of hydrogen-bond acceptors (Lipinski definition) is 2. The van der Waals surface area contributed by atoms with Gasteiger partial charge in [-0.1, -0.05) is 214 Å². The molecule has 0 atom stereocenters. The van der Waals surface area contributed by atoms with Crippen LogP contribution in [-0.4, -0.2) is 4.98 Å². The van der Waals surface area contributed by atoms with Crippen molar-refractivity contribution in [2.45, 2.75) is 41.4 Å². The van der Waals surface area contributed by atoms with Crippen molar-refractivity contribution in [1.29, 1.82) is 0 Å². The number of pyridine rings is 1. The Morgan fingerprint density at radius 2 is 0.817 bits per heavy atom. The Hall–Kier alpha value is -6.74. The van der Waals surface area contributed by atoms with E-state index in [9.17, 15) is 0 Å². The molecule has 0 saturated carbocycles. The summed E-state index contributed by atoms with van der Waals surface area (Å²) < 4.78 is 0. The fraction of sp³-hybridized carbons (Fsp3) is 0.0862. The minimum Gasteiger partial charge on any atom is -0.247 e. The summed E-state index contributed by atoms with van der Waals surface area (Å²) in [6, 6.07) is 75.9. The summed E-state index contributed by atoms with van der Waals surface area (Å²) in [5.41, 5.74) is 20.3. The molecule has 1 nitrogen and oxygen atoms in total. The molecule has 0 fully saturated rings. The first-order valence-corrected chi connectivity index (χ1v) is 21.7. The predicted octanol–water partition coefficient (Wildman–Crippen LogP) is 15.2. The lowest BCUT2D eigenvalue weighted by atomic mass is 9.54. The van der Waals surface area contributed by atoms with Crippen LogP contribution in [-0.2, 0) is 10.8 Å². The molecular formula is C58H43NS. The van der Waals surface area contributed by atoms with Gasteiger partial charge in [0.2, 0.25) is 0 Å². The van der Waals surface area contributed by atoms with Crippen molar-refractivity contribution in [3.05, 3.63) is 245 Å². The van der Waals surface area contributed by atoms with Crippen molar-refractivity contribution < 1.29 is 0 Å². The third-order valence-corrected chi connectivity index (χ3v) is 14.2. The smallest absolute Gasteiger partial charge is 0.0744 e. The van der Waals surface area contributed by atoms with Gasteiger partial charge in [-0.25, -0.2) is 4.98 Å². The first-order valence-electron chi connectivity index (χ1n) is 20.9. The molecule has 0 amide bonds. The fourth-order valence-corrected chi connectivity index (χ4v) is 11.3. The summed E-state index contributed by atoms with van der Waals surface area (Å²) in [5.74, 6) is 0. The van der Waals surface area contributed by atoms with Crippen molar-refractivity contribution in [3.63, 3.8) is 0 Å². The second-order valence-electron chi connectivity index (χ2n) is 16.7. The molecule has 1 spiro atoms. The lowest BCUT2D eigenvalue weighted by Crippen LogP contribution is -2.43. The Bertz CT molecular complexity index is 3020. The highest BCUT2D eigenvalue weighted by Crippen LogP contribution is 2.61. The van der Waals surface area contributed by atoms with E-state index in [1.54, 1.807) is 0 Å². The van der Waals surface area contributed by atoms with Crippen molar-refractivity contribution >= 4 is 11.8 Å². The molecular weight excluding hydrogens is 743 g/mol. The molecule has 286 valence electrons. The van der Waals surface area contributed by atoms with E-state index >= 15 is 0 Å². The Labute approximate surface area is 357 Å². The molecule has 2 aliphatic rings. The average molecular weight is 786 g/mol. The number of rotatable bonds is 5. The largest absolute Gasteiger partial charge is 0.247 e. The molecule has 11 rings (SSSR count). The second-order valence-corrected chi connectivity index (χ2v) is 17.8. The molecule has 1 aliphatic carbocycles. The van der Waals surface area contributed by atoms with Gasteiger partial charge >= 0.3 is 0 Å². The van der Waals surface area contributed by atoms with Gasteiger partial charge in [-0.15, -0.1) is 0 Å². The van der Waals surface area contributed by atoms with Gasteiger partial charge in [0.05, 0.1) is 16.8 Å². The molecule has 60 heavy (non-hydrogen) atoms. The van der Waals surface area contributed by atoms with Crippen molar-refractivity contribution in [2.24, 2.45) is 0 Å². The Morgan fingerprint density at radius 1 is 0.367 bits per heavy atom. The van der Waals surface area contributed by atoms with E-state index in [4.69, 9.17) is 4.98 Å². The van der Waals surface area contributed by atoms with E-state index in [1.165, 1.54) is 82.1 Å². The maximum absolute atomic E-state index is 5.34. The van der Waals surface area contributed by atoms with Crippen LogP contribution >= 0.6 is 11.8 Å². The molecule has 0 saturated heterocycles. The summed E-state index contributed by atoms with van der Waals surface area (Å²) in [5, 5.41) is 0. The van der Waals surface area contributed by atoms with Crippen LogP contribution in [0.4, 0.5) is 0 Å². The molecule has 2 heteroatoms. The Balaban J connectivity index is 1.01. The van der Waals surface area contributed by atoms with Crippen molar-refractivity contribution in [3.8, 4) is 55.9 Å². The van der Waals surface area contributed by atoms with Crippen molar-refractivity contribution in [2.75, 3.05) is 0 Å². The Kier molecular flexibility index (Phi) is 8.62. The van der Waals surface area contributed by atoms with Crippen molar-refractivity contribution in [1.82, 2.24) is 4.98 Å². The van der Waals surface area contributed by atoms with Gasteiger partial charge in [0.25, 0.3) is 0 Å². The monoisotopic (exact) mass is 785 g/mol. The number of aromatic nitrogens is 1. The number of nitrogens with zero attached hydrogens (tertiary/aromatic N) is 1. The molecule has 1 aliphatic heterocycles. The van der Waals surface area contributed by atoms with E-state index < -0.39 is 5.41 Å². The van der Waals surface area contributed by atoms with Gasteiger partial charge < -0.3 is 0 Å². The van der Waals surface area contributed by atoms with Crippen LogP contribution in [0.15, 0.2) is 216 Å². The van der Waals surface area contributed by atoms with Gasteiger partial charge in [-0.05, 0) is 97.4 Å². The zero-order chi connectivity index (χ0) is 40.4. The fourth-order valence-electron chi connectivity index (χ4n) is 10.0. The number of benzene rings is 8. The molecule has 8 aromatic carbocycles. The van der Waals surface area contributed by atoms with Gasteiger partial charge in [0.1, 0.15) is 0 Å². The molecule has 1 aromatic heterocycles. The first kappa shape index (κ1) is 36.3. The van der Waals surface area contributed by atoms with Gasteiger partial charge in [0, 0.05) is 26.3 Å². The summed E-state index contributed by atoms with van der Waals surface area (Å²) in [6.45, 7) is 6.96. The standard InChI is InChI=1S/C58H43NS/c1-38-46(42-30-26-40(27-31-42)39-16-6-4-7-17-39)37-53(59-56(38)44-18-8-5-9-19-44)43-32-28-41(29-33-43)45-34-35-52-55(36-45)60-54-25-15-14-24-51(54)58(52)49-22-12-10-20-47(49)57(2,3)48-21-11-13-23-50(48)58/h4-37H,1-3H3. The van der Waals surface area contributed by atoms with Crippen LogP contribution in [0.2, 0.25) is 0 Å². The predicted molar refractivity (Wildman–Crippen MR) is 251 cm³/mol. The molecule has 0 unspecified atom stereocenters. The van der Waals surface area contributed by atoms with Crippen LogP contribution in [0.5, 0.6) is 0 Å². The average Bonchev–Trinajstić information content (AvgIpc) is 3.31. The summed E-state index contributed by atoms with van der Waals surface area (Å²) in [4.78, 5) is 7.95.